The highest BCUT2D eigenvalue weighted by atomic mass is 32.1. The molecule has 0 saturated heterocycles. The van der Waals surface area contributed by atoms with Crippen LogP contribution in [0.15, 0.2) is 42.5 Å². The SMILES string of the molecule is Cc1ccc([C@@H](C(=O)NCCC(C)C)N(C(=O)c2snc(C(N)=O)c2N)c2ccc(C)cc2C)cc1. The number of aryl methyl sites for hydroxylation is 3. The van der Waals surface area contributed by atoms with Gasteiger partial charge in [-0.05, 0) is 61.8 Å². The molecule has 0 radical (unpaired) electrons. The van der Waals surface area contributed by atoms with Crippen LogP contribution in [0.1, 0.15) is 68.7 Å². The Morgan fingerprint density at radius 2 is 1.67 bits per heavy atom. The highest BCUT2D eigenvalue weighted by molar-refractivity contribution is 7.09. The normalized spacial score (nSPS) is 11.8. The molecule has 3 amide bonds. The molecular weight excluding hydrogens is 474 g/mol. The van der Waals surface area contributed by atoms with Gasteiger partial charge in [0.05, 0.1) is 5.69 Å². The zero-order valence-electron chi connectivity index (χ0n) is 21.3. The third kappa shape index (κ3) is 5.91. The second-order valence-electron chi connectivity index (χ2n) is 9.39. The molecule has 0 aliphatic rings. The molecule has 0 spiro atoms. The monoisotopic (exact) mass is 507 g/mol. The van der Waals surface area contributed by atoms with Crippen molar-refractivity contribution in [3.8, 4) is 0 Å². The molecule has 2 aromatic carbocycles. The summed E-state index contributed by atoms with van der Waals surface area (Å²) in [6.45, 7) is 10.4. The van der Waals surface area contributed by atoms with E-state index < -0.39 is 17.9 Å². The first-order valence-electron chi connectivity index (χ1n) is 11.8. The average Bonchev–Trinajstić information content (AvgIpc) is 3.19. The Morgan fingerprint density at radius 3 is 2.22 bits per heavy atom. The van der Waals surface area contributed by atoms with Crippen LogP contribution >= 0.6 is 11.5 Å². The van der Waals surface area contributed by atoms with E-state index in [2.05, 4.69) is 23.5 Å². The van der Waals surface area contributed by atoms with Crippen LogP contribution in [-0.4, -0.2) is 28.6 Å². The van der Waals surface area contributed by atoms with Crippen LogP contribution in [0.5, 0.6) is 0 Å². The molecule has 8 nitrogen and oxygen atoms in total. The van der Waals surface area contributed by atoms with Gasteiger partial charge in [-0.3, -0.25) is 19.3 Å². The first-order valence-corrected chi connectivity index (χ1v) is 12.6. The van der Waals surface area contributed by atoms with Gasteiger partial charge < -0.3 is 16.8 Å². The lowest BCUT2D eigenvalue weighted by molar-refractivity contribution is -0.122. The molecule has 1 heterocycles. The van der Waals surface area contributed by atoms with E-state index in [1.165, 1.54) is 4.90 Å². The zero-order valence-corrected chi connectivity index (χ0v) is 22.1. The van der Waals surface area contributed by atoms with E-state index in [4.69, 9.17) is 11.5 Å². The number of anilines is 2. The molecule has 0 bridgehead atoms. The fourth-order valence-corrected chi connectivity index (χ4v) is 4.67. The van der Waals surface area contributed by atoms with Crippen molar-refractivity contribution in [2.75, 3.05) is 17.2 Å². The lowest BCUT2D eigenvalue weighted by Gasteiger charge is -2.32. The van der Waals surface area contributed by atoms with E-state index in [9.17, 15) is 14.4 Å². The van der Waals surface area contributed by atoms with E-state index in [0.717, 1.165) is 34.6 Å². The Hall–Kier alpha value is -3.72. The number of aromatic nitrogens is 1. The van der Waals surface area contributed by atoms with Crippen molar-refractivity contribution in [1.29, 1.82) is 0 Å². The van der Waals surface area contributed by atoms with Crippen LogP contribution in [0.2, 0.25) is 0 Å². The number of nitrogen functional groups attached to an aromatic ring is 1. The van der Waals surface area contributed by atoms with Crippen LogP contribution < -0.4 is 21.7 Å². The molecule has 1 atom stereocenters. The third-order valence-corrected chi connectivity index (χ3v) is 6.76. The molecule has 3 aromatic rings. The molecule has 3 rings (SSSR count). The largest absolute Gasteiger partial charge is 0.395 e. The Morgan fingerprint density at radius 1 is 1.03 bits per heavy atom. The second kappa shape index (κ2) is 11.3. The number of primary amides is 1. The summed E-state index contributed by atoms with van der Waals surface area (Å²) in [6.07, 6.45) is 0.799. The smallest absolute Gasteiger partial charge is 0.273 e. The fourth-order valence-electron chi connectivity index (χ4n) is 3.93. The number of benzene rings is 2. The van der Waals surface area contributed by atoms with Gasteiger partial charge in [-0.25, -0.2) is 0 Å². The number of nitrogens with two attached hydrogens (primary N) is 2. The minimum Gasteiger partial charge on any atom is -0.395 e. The van der Waals surface area contributed by atoms with Gasteiger partial charge >= 0.3 is 0 Å². The van der Waals surface area contributed by atoms with Crippen molar-refractivity contribution < 1.29 is 14.4 Å². The van der Waals surface area contributed by atoms with Crippen LogP contribution in [0, 0.1) is 26.7 Å². The number of carbonyl (C=O) groups excluding carboxylic acids is 3. The minimum atomic E-state index is -0.981. The summed E-state index contributed by atoms with van der Waals surface area (Å²) in [7, 11) is 0. The van der Waals surface area contributed by atoms with Gasteiger partial charge in [-0.1, -0.05) is 61.4 Å². The number of hydrogen-bond donors (Lipinski definition) is 3. The van der Waals surface area contributed by atoms with E-state index in [-0.39, 0.29) is 22.2 Å². The lowest BCUT2D eigenvalue weighted by Crippen LogP contribution is -2.44. The molecule has 9 heteroatoms. The fraction of sp³-hybridized carbons (Fsp3) is 0.333. The van der Waals surface area contributed by atoms with Gasteiger partial charge in [0.25, 0.3) is 11.8 Å². The highest BCUT2D eigenvalue weighted by Crippen LogP contribution is 2.35. The van der Waals surface area contributed by atoms with E-state index in [1.54, 1.807) is 0 Å². The molecule has 36 heavy (non-hydrogen) atoms. The number of amides is 3. The molecule has 0 aliphatic carbocycles. The van der Waals surface area contributed by atoms with Gasteiger partial charge in [0, 0.05) is 12.2 Å². The van der Waals surface area contributed by atoms with E-state index in [1.807, 2.05) is 63.2 Å². The van der Waals surface area contributed by atoms with Crippen molar-refractivity contribution >= 4 is 40.6 Å². The summed E-state index contributed by atoms with van der Waals surface area (Å²) in [5.74, 6) is -1.26. The molecular formula is C27H33N5O3S. The second-order valence-corrected chi connectivity index (χ2v) is 10.2. The van der Waals surface area contributed by atoms with E-state index >= 15 is 0 Å². The Kier molecular flexibility index (Phi) is 8.47. The first kappa shape index (κ1) is 26.9. The predicted octanol–water partition coefficient (Wildman–Crippen LogP) is 4.30. The quantitative estimate of drug-likeness (QED) is 0.397. The number of rotatable bonds is 9. The van der Waals surface area contributed by atoms with Crippen LogP contribution in [0.3, 0.4) is 0 Å². The number of nitrogens with one attached hydrogen (secondary N) is 1. The lowest BCUT2D eigenvalue weighted by atomic mass is 9.99. The summed E-state index contributed by atoms with van der Waals surface area (Å²) in [4.78, 5) is 41.1. The number of carbonyl (C=O) groups is 3. The summed E-state index contributed by atoms with van der Waals surface area (Å²) < 4.78 is 4.00. The van der Waals surface area contributed by atoms with Crippen molar-refractivity contribution in [2.24, 2.45) is 11.7 Å². The maximum Gasteiger partial charge on any atom is 0.273 e. The predicted molar refractivity (Wildman–Crippen MR) is 144 cm³/mol. The third-order valence-electron chi connectivity index (χ3n) is 5.91. The Labute approximate surface area is 215 Å². The number of hydrogen-bond acceptors (Lipinski definition) is 6. The van der Waals surface area contributed by atoms with Crippen molar-refractivity contribution in [2.45, 2.75) is 47.1 Å². The van der Waals surface area contributed by atoms with Crippen LogP contribution in [0.25, 0.3) is 0 Å². The molecule has 0 unspecified atom stereocenters. The molecule has 0 saturated carbocycles. The van der Waals surface area contributed by atoms with Gasteiger partial charge in [-0.15, -0.1) is 0 Å². The Balaban J connectivity index is 2.19. The van der Waals surface area contributed by atoms with Crippen LogP contribution in [-0.2, 0) is 4.79 Å². The maximum atomic E-state index is 14.1. The standard InChI is InChI=1S/C27H33N5O3S/c1-15(2)12-13-30-26(34)23(19-9-6-16(3)7-10-19)32(20-11-8-17(4)14-18(20)5)27(35)24-21(28)22(25(29)33)31-36-24/h6-11,14-15,23H,12-13,28H2,1-5H3,(H2,29,33)(H,30,34)/t23-/m0/s1. The van der Waals surface area contributed by atoms with Crippen molar-refractivity contribution in [3.05, 3.63) is 75.3 Å². The molecule has 0 aliphatic heterocycles. The van der Waals surface area contributed by atoms with Crippen LogP contribution in [0.4, 0.5) is 11.4 Å². The van der Waals surface area contributed by atoms with E-state index in [0.29, 0.717) is 23.7 Å². The van der Waals surface area contributed by atoms with Crippen molar-refractivity contribution in [3.63, 3.8) is 0 Å². The van der Waals surface area contributed by atoms with Gasteiger partial charge in [0.15, 0.2) is 5.69 Å². The summed E-state index contributed by atoms with van der Waals surface area (Å²) in [5, 5.41) is 3.00. The topological polar surface area (TPSA) is 131 Å². The Bertz CT molecular complexity index is 1270. The highest BCUT2D eigenvalue weighted by Gasteiger charge is 2.36. The average molecular weight is 508 g/mol. The van der Waals surface area contributed by atoms with Gasteiger partial charge in [0.2, 0.25) is 5.91 Å². The molecule has 0 fully saturated rings. The van der Waals surface area contributed by atoms with Crippen molar-refractivity contribution in [1.82, 2.24) is 9.69 Å². The first-order chi connectivity index (χ1) is 17.0. The van der Waals surface area contributed by atoms with Gasteiger partial charge in [0.1, 0.15) is 10.9 Å². The zero-order chi connectivity index (χ0) is 26.6. The van der Waals surface area contributed by atoms with Gasteiger partial charge in [-0.2, -0.15) is 4.37 Å². The molecule has 5 N–H and O–H groups in total. The summed E-state index contributed by atoms with van der Waals surface area (Å²) >= 11 is 0.794. The maximum absolute atomic E-state index is 14.1. The number of nitrogens with zero attached hydrogens (tertiary/aromatic N) is 2. The summed E-state index contributed by atoms with van der Waals surface area (Å²) in [5.41, 5.74) is 15.3. The minimum absolute atomic E-state index is 0.0517. The molecule has 1 aromatic heterocycles. The molecule has 190 valence electrons. The summed E-state index contributed by atoms with van der Waals surface area (Å²) in [6, 6.07) is 12.2.